The van der Waals surface area contributed by atoms with Crippen LogP contribution in [0.3, 0.4) is 0 Å². The standard InChI is InChI=1S/C16H24N2O5S2/c19-24(20,17-14-4-2-1-3-5-14)15-6-8-16(9-7-15)25(21,22)18-10-12-23-13-11-18/h6-9,14,17H,1-5,10-13H2. The Morgan fingerprint density at radius 2 is 1.44 bits per heavy atom. The molecule has 1 aliphatic carbocycles. The molecule has 0 atom stereocenters. The van der Waals surface area contributed by atoms with Gasteiger partial charge in [-0.25, -0.2) is 21.6 Å². The van der Waals surface area contributed by atoms with Crippen molar-refractivity contribution < 1.29 is 21.6 Å². The molecule has 2 aliphatic rings. The predicted molar refractivity (Wildman–Crippen MR) is 93.2 cm³/mol. The van der Waals surface area contributed by atoms with E-state index < -0.39 is 20.0 Å². The highest BCUT2D eigenvalue weighted by molar-refractivity contribution is 7.89. The van der Waals surface area contributed by atoms with Crippen molar-refractivity contribution in [3.05, 3.63) is 24.3 Å². The van der Waals surface area contributed by atoms with Crippen LogP contribution >= 0.6 is 0 Å². The average molecular weight is 389 g/mol. The van der Waals surface area contributed by atoms with Crippen LogP contribution in [0.5, 0.6) is 0 Å². The lowest BCUT2D eigenvalue weighted by Gasteiger charge is -2.26. The molecule has 7 nitrogen and oxygen atoms in total. The summed E-state index contributed by atoms with van der Waals surface area (Å²) >= 11 is 0. The maximum absolute atomic E-state index is 12.6. The summed E-state index contributed by atoms with van der Waals surface area (Å²) in [5.41, 5.74) is 0. The fourth-order valence-corrected chi connectivity index (χ4v) is 5.95. The molecule has 1 aromatic carbocycles. The molecule has 25 heavy (non-hydrogen) atoms. The van der Waals surface area contributed by atoms with Crippen molar-refractivity contribution in [3.63, 3.8) is 0 Å². The lowest BCUT2D eigenvalue weighted by Crippen LogP contribution is -2.40. The van der Waals surface area contributed by atoms with Crippen LogP contribution in [-0.2, 0) is 24.8 Å². The summed E-state index contributed by atoms with van der Waals surface area (Å²) in [5, 5.41) is 0. The van der Waals surface area contributed by atoms with Gasteiger partial charge in [-0.3, -0.25) is 0 Å². The summed E-state index contributed by atoms with van der Waals surface area (Å²) in [4.78, 5) is 0.199. The fourth-order valence-electron chi connectivity index (χ4n) is 3.23. The molecule has 1 aromatic rings. The molecule has 0 spiro atoms. The smallest absolute Gasteiger partial charge is 0.243 e. The number of rotatable bonds is 5. The molecular formula is C16H24N2O5S2. The molecule has 9 heteroatoms. The largest absolute Gasteiger partial charge is 0.379 e. The molecule has 1 saturated heterocycles. The van der Waals surface area contributed by atoms with E-state index in [9.17, 15) is 16.8 Å². The van der Waals surface area contributed by atoms with Gasteiger partial charge < -0.3 is 4.74 Å². The lowest BCUT2D eigenvalue weighted by molar-refractivity contribution is 0.0730. The first kappa shape index (κ1) is 18.8. The normalized spacial score (nSPS) is 21.3. The van der Waals surface area contributed by atoms with Crippen LogP contribution in [0.15, 0.2) is 34.1 Å². The number of hydrogen-bond acceptors (Lipinski definition) is 5. The molecule has 0 radical (unpaired) electrons. The van der Waals surface area contributed by atoms with Crippen molar-refractivity contribution in [1.29, 1.82) is 0 Å². The van der Waals surface area contributed by atoms with E-state index in [0.717, 1.165) is 32.1 Å². The van der Waals surface area contributed by atoms with E-state index in [-0.39, 0.29) is 15.8 Å². The Balaban J connectivity index is 1.74. The minimum atomic E-state index is -3.63. The molecule has 3 rings (SSSR count). The summed E-state index contributed by atoms with van der Waals surface area (Å²) < 4.78 is 59.4. The van der Waals surface area contributed by atoms with Crippen molar-refractivity contribution in [2.45, 2.75) is 47.9 Å². The van der Waals surface area contributed by atoms with Gasteiger partial charge in [-0.05, 0) is 37.1 Å². The van der Waals surface area contributed by atoms with Crippen molar-refractivity contribution >= 4 is 20.0 Å². The molecule has 0 unspecified atom stereocenters. The van der Waals surface area contributed by atoms with Gasteiger partial charge in [0.25, 0.3) is 0 Å². The van der Waals surface area contributed by atoms with E-state index in [2.05, 4.69) is 4.72 Å². The minimum absolute atomic E-state index is 0.0319. The van der Waals surface area contributed by atoms with Gasteiger partial charge in [0, 0.05) is 19.1 Å². The van der Waals surface area contributed by atoms with Gasteiger partial charge in [-0.1, -0.05) is 19.3 Å². The Bertz CT molecular complexity index is 778. The lowest BCUT2D eigenvalue weighted by atomic mass is 9.96. The third-order valence-corrected chi connectivity index (χ3v) is 8.12. The summed E-state index contributed by atoms with van der Waals surface area (Å²) in [7, 11) is -7.24. The zero-order valence-electron chi connectivity index (χ0n) is 14.1. The van der Waals surface area contributed by atoms with E-state index in [4.69, 9.17) is 4.74 Å². The number of nitrogens with one attached hydrogen (secondary N) is 1. The van der Waals surface area contributed by atoms with Gasteiger partial charge in [-0.2, -0.15) is 4.31 Å². The number of morpholine rings is 1. The van der Waals surface area contributed by atoms with Crippen molar-refractivity contribution in [3.8, 4) is 0 Å². The van der Waals surface area contributed by atoms with Gasteiger partial charge in [0.05, 0.1) is 23.0 Å². The quantitative estimate of drug-likeness (QED) is 0.821. The molecule has 0 amide bonds. The van der Waals surface area contributed by atoms with Crippen LogP contribution in [0.2, 0.25) is 0 Å². The van der Waals surface area contributed by atoms with Crippen LogP contribution in [0.1, 0.15) is 32.1 Å². The first-order chi connectivity index (χ1) is 11.9. The summed E-state index contributed by atoms with van der Waals surface area (Å²) in [6, 6.07) is 5.41. The van der Waals surface area contributed by atoms with Gasteiger partial charge in [-0.15, -0.1) is 0 Å². The monoisotopic (exact) mass is 388 g/mol. The fraction of sp³-hybridized carbons (Fsp3) is 0.625. The number of nitrogens with zero attached hydrogens (tertiary/aromatic N) is 1. The van der Waals surface area contributed by atoms with E-state index in [1.807, 2.05) is 0 Å². The van der Waals surface area contributed by atoms with Crippen LogP contribution in [-0.4, -0.2) is 53.5 Å². The molecule has 1 aliphatic heterocycles. The minimum Gasteiger partial charge on any atom is -0.379 e. The molecule has 2 fully saturated rings. The van der Waals surface area contributed by atoms with E-state index in [0.29, 0.717) is 26.3 Å². The zero-order valence-corrected chi connectivity index (χ0v) is 15.7. The van der Waals surface area contributed by atoms with Gasteiger partial charge in [0.1, 0.15) is 0 Å². The van der Waals surface area contributed by atoms with Crippen LogP contribution in [0.4, 0.5) is 0 Å². The zero-order chi connectivity index (χ0) is 17.9. The van der Waals surface area contributed by atoms with E-state index in [1.54, 1.807) is 0 Å². The molecule has 1 saturated carbocycles. The highest BCUT2D eigenvalue weighted by atomic mass is 32.2. The molecule has 1 heterocycles. The SMILES string of the molecule is O=S(=O)(NC1CCCCC1)c1ccc(S(=O)(=O)N2CCOCC2)cc1. The van der Waals surface area contributed by atoms with E-state index in [1.165, 1.54) is 28.6 Å². The first-order valence-electron chi connectivity index (χ1n) is 8.60. The first-order valence-corrected chi connectivity index (χ1v) is 11.5. The molecule has 1 N–H and O–H groups in total. The van der Waals surface area contributed by atoms with Crippen molar-refractivity contribution in [1.82, 2.24) is 9.03 Å². The Morgan fingerprint density at radius 3 is 2.04 bits per heavy atom. The number of benzene rings is 1. The van der Waals surface area contributed by atoms with Gasteiger partial charge in [0.15, 0.2) is 0 Å². The third kappa shape index (κ3) is 4.40. The Morgan fingerprint density at radius 1 is 0.880 bits per heavy atom. The molecular weight excluding hydrogens is 364 g/mol. The predicted octanol–water partition coefficient (Wildman–Crippen LogP) is 1.32. The van der Waals surface area contributed by atoms with Crippen LogP contribution < -0.4 is 4.72 Å². The Hall–Kier alpha value is -1.00. The maximum Gasteiger partial charge on any atom is 0.243 e. The summed E-state index contributed by atoms with van der Waals surface area (Å²) in [5.74, 6) is 0. The highest BCUT2D eigenvalue weighted by Crippen LogP contribution is 2.22. The highest BCUT2D eigenvalue weighted by Gasteiger charge is 2.27. The second kappa shape index (κ2) is 7.71. The number of ether oxygens (including phenoxy) is 1. The topological polar surface area (TPSA) is 92.8 Å². The molecule has 0 aromatic heterocycles. The van der Waals surface area contributed by atoms with Gasteiger partial charge in [0.2, 0.25) is 20.0 Å². The number of hydrogen-bond donors (Lipinski definition) is 1. The molecule has 140 valence electrons. The van der Waals surface area contributed by atoms with Gasteiger partial charge >= 0.3 is 0 Å². The van der Waals surface area contributed by atoms with Crippen molar-refractivity contribution in [2.75, 3.05) is 26.3 Å². The van der Waals surface area contributed by atoms with Crippen LogP contribution in [0.25, 0.3) is 0 Å². The average Bonchev–Trinajstić information content (AvgIpc) is 2.63. The second-order valence-corrected chi connectivity index (χ2v) is 10.1. The maximum atomic E-state index is 12.6. The van der Waals surface area contributed by atoms with Crippen LogP contribution in [0, 0.1) is 0 Å². The Kier molecular flexibility index (Phi) is 5.79. The molecule has 0 bridgehead atoms. The van der Waals surface area contributed by atoms with E-state index >= 15 is 0 Å². The third-order valence-electron chi connectivity index (χ3n) is 4.67. The number of sulfonamides is 2. The second-order valence-electron chi connectivity index (χ2n) is 6.44. The van der Waals surface area contributed by atoms with Crippen molar-refractivity contribution in [2.24, 2.45) is 0 Å². The summed E-state index contributed by atoms with van der Waals surface area (Å²) in [6.45, 7) is 1.37. The Labute approximate surface area is 149 Å². The summed E-state index contributed by atoms with van der Waals surface area (Å²) in [6.07, 6.45) is 4.91.